The lowest BCUT2D eigenvalue weighted by atomic mass is 10.3. The molecular weight excluding hydrogens is 242 g/mol. The van der Waals surface area contributed by atoms with Gasteiger partial charge in [-0.3, -0.25) is 0 Å². The van der Waals surface area contributed by atoms with Gasteiger partial charge in [0.2, 0.25) is 5.88 Å². The number of ether oxygens (including phenoxy) is 1. The van der Waals surface area contributed by atoms with Crippen LogP contribution in [-0.2, 0) is 0 Å². The van der Waals surface area contributed by atoms with Crippen LogP contribution in [0.5, 0.6) is 5.88 Å². The molecule has 6 heteroatoms. The SMILES string of the molecule is CC(C)Oc1ncnc(-n2ccc(C3CC3)n2)c1N. The maximum absolute atomic E-state index is 6.05. The van der Waals surface area contributed by atoms with Crippen molar-refractivity contribution >= 4 is 5.69 Å². The minimum Gasteiger partial charge on any atom is -0.473 e. The second-order valence-electron chi connectivity index (χ2n) is 5.04. The Morgan fingerprint density at radius 1 is 1.37 bits per heavy atom. The molecule has 1 aliphatic rings. The van der Waals surface area contributed by atoms with Crippen molar-refractivity contribution in [2.45, 2.75) is 38.7 Å². The molecule has 1 fully saturated rings. The van der Waals surface area contributed by atoms with Crippen LogP contribution in [0.2, 0.25) is 0 Å². The predicted octanol–water partition coefficient (Wildman–Crippen LogP) is 1.91. The molecule has 2 aromatic rings. The molecule has 6 nitrogen and oxygen atoms in total. The highest BCUT2D eigenvalue weighted by Gasteiger charge is 2.26. The van der Waals surface area contributed by atoms with Crippen LogP contribution in [0.1, 0.15) is 38.3 Å². The molecule has 2 aromatic heterocycles. The molecule has 0 spiro atoms. The summed E-state index contributed by atoms with van der Waals surface area (Å²) in [5.41, 5.74) is 7.57. The average Bonchev–Trinajstić information content (AvgIpc) is 3.10. The molecule has 0 radical (unpaired) electrons. The summed E-state index contributed by atoms with van der Waals surface area (Å²) in [5.74, 6) is 1.58. The van der Waals surface area contributed by atoms with Crippen molar-refractivity contribution in [3.63, 3.8) is 0 Å². The Hall–Kier alpha value is -2.11. The van der Waals surface area contributed by atoms with Crippen LogP contribution in [0, 0.1) is 0 Å². The van der Waals surface area contributed by atoms with Crippen LogP contribution in [-0.4, -0.2) is 25.9 Å². The first-order chi connectivity index (χ1) is 9.15. The molecule has 19 heavy (non-hydrogen) atoms. The Bertz CT molecular complexity index is 588. The maximum atomic E-state index is 6.05. The summed E-state index contributed by atoms with van der Waals surface area (Å²) < 4.78 is 7.25. The molecular formula is C13H17N5O. The zero-order valence-corrected chi connectivity index (χ0v) is 11.1. The van der Waals surface area contributed by atoms with Crippen LogP contribution in [0.25, 0.3) is 5.82 Å². The standard InChI is InChI=1S/C13H17N5O/c1-8(2)19-13-11(14)12(15-7-16-13)18-6-5-10(17-18)9-3-4-9/h5-9H,3-4,14H2,1-2H3. The van der Waals surface area contributed by atoms with Crippen molar-refractivity contribution in [2.24, 2.45) is 0 Å². The van der Waals surface area contributed by atoms with Crippen molar-refractivity contribution in [3.05, 3.63) is 24.3 Å². The van der Waals surface area contributed by atoms with Gasteiger partial charge in [-0.25, -0.2) is 9.67 Å². The topological polar surface area (TPSA) is 78.9 Å². The van der Waals surface area contributed by atoms with E-state index in [1.165, 1.54) is 19.2 Å². The quantitative estimate of drug-likeness (QED) is 0.907. The van der Waals surface area contributed by atoms with Gasteiger partial charge in [-0.15, -0.1) is 0 Å². The van der Waals surface area contributed by atoms with Gasteiger partial charge < -0.3 is 10.5 Å². The fraction of sp³-hybridized carbons (Fsp3) is 0.462. The lowest BCUT2D eigenvalue weighted by Crippen LogP contribution is -2.12. The van der Waals surface area contributed by atoms with E-state index in [1.807, 2.05) is 26.1 Å². The van der Waals surface area contributed by atoms with Gasteiger partial charge in [0.05, 0.1) is 11.8 Å². The maximum Gasteiger partial charge on any atom is 0.242 e. The van der Waals surface area contributed by atoms with Gasteiger partial charge in [0.1, 0.15) is 12.0 Å². The van der Waals surface area contributed by atoms with Crippen LogP contribution >= 0.6 is 0 Å². The molecule has 0 atom stereocenters. The molecule has 0 saturated heterocycles. The van der Waals surface area contributed by atoms with E-state index in [1.54, 1.807) is 4.68 Å². The third-order valence-electron chi connectivity index (χ3n) is 3.00. The lowest BCUT2D eigenvalue weighted by Gasteiger charge is -2.12. The fourth-order valence-corrected chi connectivity index (χ4v) is 1.92. The first kappa shape index (κ1) is 12.0. The van der Waals surface area contributed by atoms with E-state index >= 15 is 0 Å². The van der Waals surface area contributed by atoms with Gasteiger partial charge in [0.25, 0.3) is 0 Å². The molecule has 100 valence electrons. The zero-order valence-electron chi connectivity index (χ0n) is 11.1. The minimum atomic E-state index is 0.0182. The number of hydrogen-bond acceptors (Lipinski definition) is 5. The monoisotopic (exact) mass is 259 g/mol. The van der Waals surface area contributed by atoms with Crippen molar-refractivity contribution in [2.75, 3.05) is 5.73 Å². The smallest absolute Gasteiger partial charge is 0.242 e. The normalized spacial score (nSPS) is 14.9. The zero-order chi connectivity index (χ0) is 13.4. The molecule has 0 unspecified atom stereocenters. The number of rotatable bonds is 4. The van der Waals surface area contributed by atoms with Crippen molar-refractivity contribution < 1.29 is 4.74 Å². The van der Waals surface area contributed by atoms with Gasteiger partial charge >= 0.3 is 0 Å². The van der Waals surface area contributed by atoms with Gasteiger partial charge in [-0.1, -0.05) is 0 Å². The highest BCUT2D eigenvalue weighted by molar-refractivity contribution is 5.59. The highest BCUT2D eigenvalue weighted by Crippen LogP contribution is 2.39. The lowest BCUT2D eigenvalue weighted by molar-refractivity contribution is 0.233. The first-order valence-electron chi connectivity index (χ1n) is 6.48. The van der Waals surface area contributed by atoms with Crippen molar-refractivity contribution in [1.29, 1.82) is 0 Å². The molecule has 2 N–H and O–H groups in total. The van der Waals surface area contributed by atoms with Crippen LogP contribution in [0.4, 0.5) is 5.69 Å². The van der Waals surface area contributed by atoms with Crippen molar-refractivity contribution in [3.8, 4) is 11.7 Å². The molecule has 1 aliphatic carbocycles. The molecule has 2 heterocycles. The predicted molar refractivity (Wildman–Crippen MR) is 71.3 cm³/mol. The summed E-state index contributed by atoms with van der Waals surface area (Å²) in [7, 11) is 0. The Kier molecular flexibility index (Phi) is 2.85. The minimum absolute atomic E-state index is 0.0182. The molecule has 3 rings (SSSR count). The summed E-state index contributed by atoms with van der Waals surface area (Å²) >= 11 is 0. The Morgan fingerprint density at radius 2 is 2.16 bits per heavy atom. The number of nitrogen functional groups attached to an aromatic ring is 1. The van der Waals surface area contributed by atoms with Crippen LogP contribution in [0.3, 0.4) is 0 Å². The van der Waals surface area contributed by atoms with Gasteiger partial charge in [0, 0.05) is 12.1 Å². The van der Waals surface area contributed by atoms with E-state index in [-0.39, 0.29) is 6.10 Å². The van der Waals surface area contributed by atoms with E-state index < -0.39 is 0 Å². The Morgan fingerprint density at radius 3 is 2.84 bits per heavy atom. The second kappa shape index (κ2) is 4.53. The number of nitrogens with two attached hydrogens (primary N) is 1. The molecule has 0 bridgehead atoms. The van der Waals surface area contributed by atoms with Gasteiger partial charge in [-0.2, -0.15) is 10.1 Å². The van der Waals surface area contributed by atoms with Crippen LogP contribution < -0.4 is 10.5 Å². The van der Waals surface area contributed by atoms with Crippen molar-refractivity contribution in [1.82, 2.24) is 19.7 Å². The summed E-state index contributed by atoms with van der Waals surface area (Å²) in [4.78, 5) is 8.25. The summed E-state index contributed by atoms with van der Waals surface area (Å²) in [6.45, 7) is 3.86. The largest absolute Gasteiger partial charge is 0.473 e. The third kappa shape index (κ3) is 2.38. The Balaban J connectivity index is 1.94. The van der Waals surface area contributed by atoms with Gasteiger partial charge in [0.15, 0.2) is 5.82 Å². The van der Waals surface area contributed by atoms with E-state index in [9.17, 15) is 0 Å². The highest BCUT2D eigenvalue weighted by atomic mass is 16.5. The number of nitrogens with zero attached hydrogens (tertiary/aromatic N) is 4. The summed E-state index contributed by atoms with van der Waals surface area (Å²) in [6.07, 6.45) is 5.79. The number of anilines is 1. The van der Waals surface area contributed by atoms with E-state index in [0.717, 1.165) is 5.69 Å². The molecule has 0 aliphatic heterocycles. The summed E-state index contributed by atoms with van der Waals surface area (Å²) in [5, 5.41) is 4.51. The Labute approximate surface area is 111 Å². The van der Waals surface area contributed by atoms with E-state index in [2.05, 4.69) is 15.1 Å². The van der Waals surface area contributed by atoms with Gasteiger partial charge in [-0.05, 0) is 32.8 Å². The first-order valence-corrected chi connectivity index (χ1v) is 6.48. The average molecular weight is 259 g/mol. The van der Waals surface area contributed by atoms with E-state index in [0.29, 0.717) is 23.3 Å². The second-order valence-corrected chi connectivity index (χ2v) is 5.04. The number of aromatic nitrogens is 4. The third-order valence-corrected chi connectivity index (χ3v) is 3.00. The van der Waals surface area contributed by atoms with Crippen LogP contribution in [0.15, 0.2) is 18.6 Å². The molecule has 0 aromatic carbocycles. The molecule has 0 amide bonds. The number of hydrogen-bond donors (Lipinski definition) is 1. The summed E-state index contributed by atoms with van der Waals surface area (Å²) in [6, 6.07) is 2.02. The fourth-order valence-electron chi connectivity index (χ4n) is 1.92. The molecule has 1 saturated carbocycles. The van der Waals surface area contributed by atoms with E-state index in [4.69, 9.17) is 10.5 Å².